The summed E-state index contributed by atoms with van der Waals surface area (Å²) in [5, 5.41) is 4.20. The average molecular weight is 356 g/mol. The van der Waals surface area contributed by atoms with E-state index in [0.29, 0.717) is 17.9 Å². The van der Waals surface area contributed by atoms with Gasteiger partial charge in [0.25, 0.3) is 0 Å². The number of fused-ring (bicyclic) bond motifs is 3. The third kappa shape index (κ3) is 2.56. The van der Waals surface area contributed by atoms with Crippen molar-refractivity contribution >= 4 is 34.2 Å². The van der Waals surface area contributed by atoms with Crippen LogP contribution in [0.2, 0.25) is 0 Å². The minimum absolute atomic E-state index is 0.119. The van der Waals surface area contributed by atoms with Crippen LogP contribution in [0.4, 0.5) is 23.1 Å². The molecule has 7 nitrogen and oxygen atoms in total. The predicted octanol–water partition coefficient (Wildman–Crippen LogP) is 3.63. The van der Waals surface area contributed by atoms with E-state index in [1.807, 2.05) is 42.5 Å². The molecule has 0 saturated heterocycles. The smallest absolute Gasteiger partial charge is 0.224 e. The zero-order chi connectivity index (χ0) is 18.4. The molecular weight excluding hydrogens is 340 g/mol. The molecule has 0 fully saturated rings. The third-order valence-electron chi connectivity index (χ3n) is 4.59. The van der Waals surface area contributed by atoms with E-state index < -0.39 is 0 Å². The molecule has 7 heteroatoms. The zero-order valence-electron chi connectivity index (χ0n) is 14.3. The van der Waals surface area contributed by atoms with Gasteiger partial charge < -0.3 is 21.5 Å². The fourth-order valence-corrected chi connectivity index (χ4v) is 3.38. The number of nitrogens with two attached hydrogens (primary N) is 2. The van der Waals surface area contributed by atoms with E-state index in [1.165, 1.54) is 0 Å². The Hall–Kier alpha value is -3.87. The summed E-state index contributed by atoms with van der Waals surface area (Å²) in [7, 11) is 0. The molecule has 0 unspecified atom stereocenters. The number of hydrogen-bond donors (Lipinski definition) is 3. The topological polar surface area (TPSA) is 112 Å². The summed E-state index contributed by atoms with van der Waals surface area (Å²) in [4.78, 5) is 12.5. The molecule has 27 heavy (non-hydrogen) atoms. The van der Waals surface area contributed by atoms with E-state index in [1.54, 1.807) is 6.20 Å². The van der Waals surface area contributed by atoms with Gasteiger partial charge in [0.05, 0.1) is 16.8 Å². The van der Waals surface area contributed by atoms with E-state index in [-0.39, 0.29) is 5.95 Å². The van der Waals surface area contributed by atoms with Gasteiger partial charge in [-0.15, -0.1) is 0 Å². The SMILES string of the molecule is Nc1nc(N)c2c(Cc3cccc4c3Nc3ccccc3O4)ccnc2n1. The number of para-hydroxylation sites is 3. The number of nitrogens with zero attached hydrogens (tertiary/aromatic N) is 3. The van der Waals surface area contributed by atoms with Gasteiger partial charge in [0.1, 0.15) is 5.82 Å². The highest BCUT2D eigenvalue weighted by Crippen LogP contribution is 2.44. The molecule has 0 atom stereocenters. The van der Waals surface area contributed by atoms with Crippen LogP contribution >= 0.6 is 0 Å². The van der Waals surface area contributed by atoms with Crippen molar-refractivity contribution < 1.29 is 4.74 Å². The monoisotopic (exact) mass is 356 g/mol. The fourth-order valence-electron chi connectivity index (χ4n) is 3.38. The number of aromatic nitrogens is 3. The van der Waals surface area contributed by atoms with Crippen molar-refractivity contribution in [3.05, 3.63) is 65.9 Å². The molecule has 0 amide bonds. The summed E-state index contributed by atoms with van der Waals surface area (Å²) < 4.78 is 6.04. The van der Waals surface area contributed by atoms with Gasteiger partial charge in [-0.1, -0.05) is 24.3 Å². The van der Waals surface area contributed by atoms with Crippen LogP contribution in [-0.4, -0.2) is 15.0 Å². The van der Waals surface area contributed by atoms with Crippen molar-refractivity contribution in [2.24, 2.45) is 0 Å². The predicted molar refractivity (Wildman–Crippen MR) is 105 cm³/mol. The van der Waals surface area contributed by atoms with Gasteiger partial charge in [-0.3, -0.25) is 0 Å². The van der Waals surface area contributed by atoms with Crippen molar-refractivity contribution in [3.8, 4) is 11.5 Å². The Morgan fingerprint density at radius 3 is 2.67 bits per heavy atom. The van der Waals surface area contributed by atoms with Gasteiger partial charge in [-0.05, 0) is 35.4 Å². The van der Waals surface area contributed by atoms with Crippen molar-refractivity contribution in [1.82, 2.24) is 15.0 Å². The number of ether oxygens (including phenoxy) is 1. The molecule has 132 valence electrons. The first kappa shape index (κ1) is 15.4. The molecule has 0 saturated carbocycles. The van der Waals surface area contributed by atoms with Crippen molar-refractivity contribution in [3.63, 3.8) is 0 Å². The molecule has 5 rings (SSSR count). The van der Waals surface area contributed by atoms with E-state index in [0.717, 1.165) is 39.4 Å². The van der Waals surface area contributed by atoms with Crippen LogP contribution in [0, 0.1) is 0 Å². The maximum absolute atomic E-state index is 6.10. The lowest BCUT2D eigenvalue weighted by Gasteiger charge is -2.24. The molecule has 3 heterocycles. The summed E-state index contributed by atoms with van der Waals surface area (Å²) in [5.74, 6) is 2.05. The highest BCUT2D eigenvalue weighted by Gasteiger charge is 2.20. The number of hydrogen-bond acceptors (Lipinski definition) is 7. The van der Waals surface area contributed by atoms with Gasteiger partial charge in [0.2, 0.25) is 5.95 Å². The molecular formula is C20H16N6O. The van der Waals surface area contributed by atoms with Gasteiger partial charge in [-0.2, -0.15) is 9.97 Å². The lowest BCUT2D eigenvalue weighted by molar-refractivity contribution is 0.480. The first-order valence-electron chi connectivity index (χ1n) is 8.51. The Kier molecular flexibility index (Phi) is 3.33. The summed E-state index contributed by atoms with van der Waals surface area (Å²) in [5.41, 5.74) is 16.2. The molecule has 0 aliphatic carbocycles. The second-order valence-corrected chi connectivity index (χ2v) is 6.33. The Bertz CT molecular complexity index is 1190. The summed E-state index contributed by atoms with van der Waals surface area (Å²) in [6.07, 6.45) is 2.33. The number of pyridine rings is 1. The minimum Gasteiger partial charge on any atom is -0.453 e. The molecule has 1 aliphatic heterocycles. The minimum atomic E-state index is 0.119. The molecule has 5 N–H and O–H groups in total. The first-order valence-corrected chi connectivity index (χ1v) is 8.51. The largest absolute Gasteiger partial charge is 0.453 e. The molecule has 2 aromatic heterocycles. The van der Waals surface area contributed by atoms with Crippen molar-refractivity contribution in [2.45, 2.75) is 6.42 Å². The third-order valence-corrected chi connectivity index (χ3v) is 4.59. The van der Waals surface area contributed by atoms with Crippen molar-refractivity contribution in [1.29, 1.82) is 0 Å². The molecule has 1 aliphatic rings. The maximum atomic E-state index is 6.10. The van der Waals surface area contributed by atoms with Crippen LogP contribution in [0.15, 0.2) is 54.7 Å². The Balaban J connectivity index is 1.60. The molecule has 4 aromatic rings. The Labute approximate surface area is 155 Å². The van der Waals surface area contributed by atoms with Gasteiger partial charge in [0.15, 0.2) is 17.1 Å². The number of anilines is 4. The van der Waals surface area contributed by atoms with Gasteiger partial charge in [-0.25, -0.2) is 4.98 Å². The Morgan fingerprint density at radius 1 is 0.889 bits per heavy atom. The van der Waals surface area contributed by atoms with Crippen LogP contribution in [0.25, 0.3) is 11.0 Å². The molecule has 2 aromatic carbocycles. The van der Waals surface area contributed by atoms with Crippen LogP contribution in [-0.2, 0) is 6.42 Å². The number of nitrogens with one attached hydrogen (secondary N) is 1. The molecule has 0 bridgehead atoms. The number of rotatable bonds is 2. The lowest BCUT2D eigenvalue weighted by Crippen LogP contribution is -2.07. The van der Waals surface area contributed by atoms with Crippen LogP contribution in [0.1, 0.15) is 11.1 Å². The summed E-state index contributed by atoms with van der Waals surface area (Å²) in [6, 6.07) is 15.8. The number of benzene rings is 2. The quantitative estimate of drug-likeness (QED) is 0.443. The van der Waals surface area contributed by atoms with E-state index in [4.69, 9.17) is 16.2 Å². The Morgan fingerprint density at radius 2 is 1.74 bits per heavy atom. The highest BCUT2D eigenvalue weighted by molar-refractivity contribution is 5.90. The summed E-state index contributed by atoms with van der Waals surface area (Å²) in [6.45, 7) is 0. The van der Waals surface area contributed by atoms with Gasteiger partial charge >= 0.3 is 0 Å². The fraction of sp³-hybridized carbons (Fsp3) is 0.0500. The molecule has 0 spiro atoms. The number of nitrogen functional groups attached to an aromatic ring is 2. The zero-order valence-corrected chi connectivity index (χ0v) is 14.3. The average Bonchev–Trinajstić information content (AvgIpc) is 2.66. The lowest BCUT2D eigenvalue weighted by atomic mass is 10.00. The van der Waals surface area contributed by atoms with E-state index >= 15 is 0 Å². The second-order valence-electron chi connectivity index (χ2n) is 6.33. The van der Waals surface area contributed by atoms with E-state index in [2.05, 4.69) is 26.3 Å². The second kappa shape index (κ2) is 5.84. The maximum Gasteiger partial charge on any atom is 0.224 e. The standard InChI is InChI=1S/C20H16N6O/c21-18-16-11(8-9-23-19(16)26-20(22)25-18)10-12-4-3-7-15-17(12)24-13-5-1-2-6-14(13)27-15/h1-9,24H,10H2,(H4,21,22,23,25,26). The first-order chi connectivity index (χ1) is 13.2. The summed E-state index contributed by atoms with van der Waals surface area (Å²) >= 11 is 0. The highest BCUT2D eigenvalue weighted by atomic mass is 16.5. The van der Waals surface area contributed by atoms with Crippen molar-refractivity contribution in [2.75, 3.05) is 16.8 Å². The van der Waals surface area contributed by atoms with Crippen LogP contribution in [0.3, 0.4) is 0 Å². The van der Waals surface area contributed by atoms with Crippen LogP contribution in [0.5, 0.6) is 11.5 Å². The molecule has 0 radical (unpaired) electrons. The normalized spacial score (nSPS) is 12.0. The van der Waals surface area contributed by atoms with Crippen LogP contribution < -0.4 is 21.5 Å². The van der Waals surface area contributed by atoms with E-state index in [9.17, 15) is 0 Å². The van der Waals surface area contributed by atoms with Gasteiger partial charge in [0, 0.05) is 12.6 Å².